The minimum absolute atomic E-state index is 0.0867. The highest BCUT2D eigenvalue weighted by atomic mass is 16.3. The average molecular weight is 233 g/mol. The lowest BCUT2D eigenvalue weighted by Crippen LogP contribution is -2.32. The molecule has 1 aromatic carbocycles. The van der Waals surface area contributed by atoms with E-state index in [0.717, 1.165) is 36.2 Å². The molecule has 0 unspecified atom stereocenters. The van der Waals surface area contributed by atoms with E-state index in [1.807, 2.05) is 32.0 Å². The van der Waals surface area contributed by atoms with Gasteiger partial charge in [-0.05, 0) is 38.8 Å². The van der Waals surface area contributed by atoms with Crippen molar-refractivity contribution in [1.82, 2.24) is 4.98 Å². The normalized spacial score (nSPS) is 11.9. The Balaban J connectivity index is 1.86. The van der Waals surface area contributed by atoms with Crippen LogP contribution in [-0.4, -0.2) is 17.1 Å². The van der Waals surface area contributed by atoms with Crippen LogP contribution in [0.4, 0.5) is 5.69 Å². The Labute approximate surface area is 101 Å². The Kier molecular flexibility index (Phi) is 3.33. The van der Waals surface area contributed by atoms with Gasteiger partial charge in [0.15, 0.2) is 12.0 Å². The lowest BCUT2D eigenvalue weighted by molar-refractivity contribution is 0.465. The van der Waals surface area contributed by atoms with Crippen LogP contribution in [0.2, 0.25) is 0 Å². The van der Waals surface area contributed by atoms with Gasteiger partial charge in [0.2, 0.25) is 0 Å². The summed E-state index contributed by atoms with van der Waals surface area (Å²) < 4.78 is 5.25. The van der Waals surface area contributed by atoms with Crippen molar-refractivity contribution in [1.29, 1.82) is 0 Å². The Morgan fingerprint density at radius 1 is 1.41 bits per heavy atom. The second kappa shape index (κ2) is 4.75. The van der Waals surface area contributed by atoms with E-state index in [-0.39, 0.29) is 5.54 Å². The van der Waals surface area contributed by atoms with E-state index >= 15 is 0 Å². The molecule has 2 aromatic rings. The van der Waals surface area contributed by atoms with Crippen molar-refractivity contribution < 1.29 is 4.42 Å². The predicted octanol–water partition coefficient (Wildman–Crippen LogP) is 2.76. The predicted molar refractivity (Wildman–Crippen MR) is 70.0 cm³/mol. The summed E-state index contributed by atoms with van der Waals surface area (Å²) in [6.45, 7) is 5.02. The van der Waals surface area contributed by atoms with Crippen molar-refractivity contribution in [3.63, 3.8) is 0 Å². The van der Waals surface area contributed by atoms with E-state index in [4.69, 9.17) is 10.2 Å². The van der Waals surface area contributed by atoms with Crippen LogP contribution in [0.15, 0.2) is 29.0 Å². The van der Waals surface area contributed by atoms with E-state index in [1.54, 1.807) is 0 Å². The topological polar surface area (TPSA) is 64.1 Å². The summed E-state index contributed by atoms with van der Waals surface area (Å²) in [6, 6.07) is 5.93. The molecule has 0 saturated carbocycles. The van der Waals surface area contributed by atoms with Crippen LogP contribution in [0.5, 0.6) is 0 Å². The third kappa shape index (κ3) is 3.46. The maximum atomic E-state index is 5.92. The molecule has 4 heteroatoms. The van der Waals surface area contributed by atoms with Crippen LogP contribution in [0, 0.1) is 0 Å². The molecule has 0 amide bonds. The number of nitrogens with one attached hydrogen (secondary N) is 1. The molecule has 0 radical (unpaired) electrons. The van der Waals surface area contributed by atoms with Crippen LogP contribution >= 0.6 is 0 Å². The van der Waals surface area contributed by atoms with Crippen LogP contribution < -0.4 is 11.1 Å². The maximum absolute atomic E-state index is 5.92. The molecule has 0 spiro atoms. The molecule has 0 aliphatic rings. The number of oxazole rings is 1. The molecule has 1 aromatic heterocycles. The van der Waals surface area contributed by atoms with Gasteiger partial charge in [-0.15, -0.1) is 0 Å². The monoisotopic (exact) mass is 233 g/mol. The summed E-state index contributed by atoms with van der Waals surface area (Å²) in [4.78, 5) is 4.08. The summed E-state index contributed by atoms with van der Waals surface area (Å²) in [7, 11) is 0. The molecule has 92 valence electrons. The van der Waals surface area contributed by atoms with Gasteiger partial charge in [0.1, 0.15) is 5.52 Å². The number of rotatable bonds is 5. The molecule has 2 rings (SSSR count). The van der Waals surface area contributed by atoms with Gasteiger partial charge < -0.3 is 15.5 Å². The maximum Gasteiger partial charge on any atom is 0.181 e. The molecule has 4 nitrogen and oxygen atoms in total. The van der Waals surface area contributed by atoms with Crippen LogP contribution in [0.25, 0.3) is 11.1 Å². The first-order chi connectivity index (χ1) is 8.04. The SMILES string of the molecule is CC(C)(N)CCCNc1ccc2ncoc2c1. The molecule has 0 saturated heterocycles. The third-order valence-corrected chi connectivity index (χ3v) is 2.66. The summed E-state index contributed by atoms with van der Waals surface area (Å²) >= 11 is 0. The molecule has 17 heavy (non-hydrogen) atoms. The summed E-state index contributed by atoms with van der Waals surface area (Å²) in [5.74, 6) is 0. The van der Waals surface area contributed by atoms with Gasteiger partial charge in [-0.25, -0.2) is 4.98 Å². The molecule has 0 atom stereocenters. The summed E-state index contributed by atoms with van der Waals surface area (Å²) in [5, 5.41) is 3.36. The highest BCUT2D eigenvalue weighted by molar-refractivity contribution is 5.76. The van der Waals surface area contributed by atoms with Crippen LogP contribution in [0.1, 0.15) is 26.7 Å². The molecular weight excluding hydrogens is 214 g/mol. The molecule has 3 N–H and O–H groups in total. The van der Waals surface area contributed by atoms with E-state index in [0.29, 0.717) is 0 Å². The molecule has 1 heterocycles. The molecule has 0 bridgehead atoms. The van der Waals surface area contributed by atoms with Gasteiger partial charge in [0, 0.05) is 23.8 Å². The zero-order valence-electron chi connectivity index (χ0n) is 10.4. The highest BCUT2D eigenvalue weighted by Gasteiger charge is 2.09. The van der Waals surface area contributed by atoms with Gasteiger partial charge in [-0.3, -0.25) is 0 Å². The first-order valence-corrected chi connectivity index (χ1v) is 5.91. The fourth-order valence-electron chi connectivity index (χ4n) is 1.74. The van der Waals surface area contributed by atoms with E-state index < -0.39 is 0 Å². The average Bonchev–Trinajstić information content (AvgIpc) is 2.70. The number of hydrogen-bond donors (Lipinski definition) is 2. The number of hydrogen-bond acceptors (Lipinski definition) is 4. The molecule has 0 aliphatic heterocycles. The van der Waals surface area contributed by atoms with Crippen molar-refractivity contribution in [2.75, 3.05) is 11.9 Å². The van der Waals surface area contributed by atoms with Crippen LogP contribution in [0.3, 0.4) is 0 Å². The molecular formula is C13H19N3O. The first-order valence-electron chi connectivity index (χ1n) is 5.91. The van der Waals surface area contributed by atoms with E-state index in [9.17, 15) is 0 Å². The zero-order chi connectivity index (χ0) is 12.3. The minimum atomic E-state index is -0.0867. The summed E-state index contributed by atoms with van der Waals surface area (Å²) in [6.07, 6.45) is 3.52. The fraction of sp³-hybridized carbons (Fsp3) is 0.462. The largest absolute Gasteiger partial charge is 0.443 e. The molecule has 0 fully saturated rings. The van der Waals surface area contributed by atoms with E-state index in [2.05, 4.69) is 10.3 Å². The van der Waals surface area contributed by atoms with Gasteiger partial charge >= 0.3 is 0 Å². The second-order valence-corrected chi connectivity index (χ2v) is 5.05. The number of nitrogens with two attached hydrogens (primary N) is 1. The fourth-order valence-corrected chi connectivity index (χ4v) is 1.74. The standard InChI is InChI=1S/C13H19N3O/c1-13(2,14)6-3-7-15-10-4-5-11-12(8-10)17-9-16-11/h4-5,8-9,15H,3,6-7,14H2,1-2H3. The zero-order valence-corrected chi connectivity index (χ0v) is 10.4. The number of anilines is 1. The number of benzene rings is 1. The lowest BCUT2D eigenvalue weighted by Gasteiger charge is -2.18. The number of fused-ring (bicyclic) bond motifs is 1. The van der Waals surface area contributed by atoms with E-state index in [1.165, 1.54) is 6.39 Å². The van der Waals surface area contributed by atoms with Gasteiger partial charge in [-0.2, -0.15) is 0 Å². The van der Waals surface area contributed by atoms with Crippen molar-refractivity contribution in [3.8, 4) is 0 Å². The smallest absolute Gasteiger partial charge is 0.181 e. The Morgan fingerprint density at radius 3 is 3.00 bits per heavy atom. The van der Waals surface area contributed by atoms with Gasteiger partial charge in [-0.1, -0.05) is 0 Å². The Morgan fingerprint density at radius 2 is 2.24 bits per heavy atom. The second-order valence-electron chi connectivity index (χ2n) is 5.05. The first kappa shape index (κ1) is 11.9. The number of nitrogens with zero attached hydrogens (tertiary/aromatic N) is 1. The Hall–Kier alpha value is -1.55. The van der Waals surface area contributed by atoms with Crippen molar-refractivity contribution >= 4 is 16.8 Å². The van der Waals surface area contributed by atoms with Gasteiger partial charge in [0.05, 0.1) is 0 Å². The van der Waals surface area contributed by atoms with Crippen LogP contribution in [-0.2, 0) is 0 Å². The quantitative estimate of drug-likeness (QED) is 0.779. The third-order valence-electron chi connectivity index (χ3n) is 2.66. The van der Waals surface area contributed by atoms with Crippen molar-refractivity contribution in [2.24, 2.45) is 5.73 Å². The molecule has 0 aliphatic carbocycles. The highest BCUT2D eigenvalue weighted by Crippen LogP contribution is 2.18. The van der Waals surface area contributed by atoms with Crippen molar-refractivity contribution in [2.45, 2.75) is 32.2 Å². The van der Waals surface area contributed by atoms with Gasteiger partial charge in [0.25, 0.3) is 0 Å². The lowest BCUT2D eigenvalue weighted by atomic mass is 10.0. The number of aromatic nitrogens is 1. The minimum Gasteiger partial charge on any atom is -0.443 e. The Bertz CT molecular complexity index is 485. The van der Waals surface area contributed by atoms with Crippen molar-refractivity contribution in [3.05, 3.63) is 24.6 Å². The summed E-state index contributed by atoms with van der Waals surface area (Å²) in [5.41, 5.74) is 8.60.